The van der Waals surface area contributed by atoms with Crippen molar-refractivity contribution in [3.05, 3.63) is 66.4 Å². The number of rotatable bonds is 3. The van der Waals surface area contributed by atoms with Gasteiger partial charge in [0.1, 0.15) is 5.69 Å². The molecule has 1 heterocycles. The summed E-state index contributed by atoms with van der Waals surface area (Å²) >= 11 is 0. The molecular formula is C19H16N4O4S. The van der Waals surface area contributed by atoms with Crippen LogP contribution in [0.4, 0.5) is 0 Å². The third kappa shape index (κ3) is 4.27. The summed E-state index contributed by atoms with van der Waals surface area (Å²) in [4.78, 5) is 11.5. The standard InChI is InChI=1S/C19H16N4O4S/c1-22(25)19(24)12-7-15-13-18(14-5-3-2-4-6-14)23(21-15)16-8-10-17(11-9-16)28(20,26)27/h2-6,8-11,13,25H,1H3,(H2,20,26,27). The Morgan fingerprint density at radius 1 is 1.14 bits per heavy atom. The van der Waals surface area contributed by atoms with Gasteiger partial charge in [-0.2, -0.15) is 5.10 Å². The van der Waals surface area contributed by atoms with E-state index in [2.05, 4.69) is 16.9 Å². The van der Waals surface area contributed by atoms with Gasteiger partial charge in [0.05, 0.1) is 16.3 Å². The number of hydroxylamine groups is 2. The zero-order valence-corrected chi connectivity index (χ0v) is 15.6. The first-order valence-corrected chi connectivity index (χ1v) is 9.57. The van der Waals surface area contributed by atoms with Gasteiger partial charge >= 0.3 is 5.91 Å². The number of benzene rings is 2. The molecule has 1 amide bonds. The third-order valence-corrected chi connectivity index (χ3v) is 4.71. The highest BCUT2D eigenvalue weighted by Crippen LogP contribution is 2.24. The van der Waals surface area contributed by atoms with Crippen molar-refractivity contribution in [2.45, 2.75) is 4.90 Å². The average Bonchev–Trinajstić information content (AvgIpc) is 3.10. The van der Waals surface area contributed by atoms with Crippen LogP contribution in [0.1, 0.15) is 5.69 Å². The Labute approximate surface area is 161 Å². The smallest absolute Gasteiger partial charge is 0.285 e. The molecule has 0 bridgehead atoms. The van der Waals surface area contributed by atoms with Crippen molar-refractivity contribution < 1.29 is 18.4 Å². The number of carbonyl (C=O) groups excluding carboxylic acids is 1. The summed E-state index contributed by atoms with van der Waals surface area (Å²) in [5, 5.41) is 19.0. The van der Waals surface area contributed by atoms with Crippen LogP contribution in [-0.2, 0) is 14.8 Å². The van der Waals surface area contributed by atoms with Crippen molar-refractivity contribution >= 4 is 15.9 Å². The fourth-order valence-electron chi connectivity index (χ4n) is 2.43. The fourth-order valence-corrected chi connectivity index (χ4v) is 2.94. The molecule has 3 aromatic rings. The summed E-state index contributed by atoms with van der Waals surface area (Å²) in [5.41, 5.74) is 2.44. The number of amides is 1. The molecule has 0 aliphatic rings. The Bertz CT molecular complexity index is 1170. The van der Waals surface area contributed by atoms with E-state index in [4.69, 9.17) is 10.3 Å². The topological polar surface area (TPSA) is 119 Å². The first-order valence-electron chi connectivity index (χ1n) is 8.03. The molecular weight excluding hydrogens is 380 g/mol. The van der Waals surface area contributed by atoms with E-state index in [1.807, 2.05) is 30.3 Å². The molecule has 0 unspecified atom stereocenters. The molecule has 0 atom stereocenters. The summed E-state index contributed by atoms with van der Waals surface area (Å²) < 4.78 is 24.5. The Morgan fingerprint density at radius 2 is 1.79 bits per heavy atom. The summed E-state index contributed by atoms with van der Waals surface area (Å²) in [7, 11) is -2.62. The predicted molar refractivity (Wildman–Crippen MR) is 102 cm³/mol. The van der Waals surface area contributed by atoms with Gasteiger partial charge in [-0.05, 0) is 30.2 Å². The van der Waals surface area contributed by atoms with Crippen molar-refractivity contribution in [2.75, 3.05) is 7.05 Å². The summed E-state index contributed by atoms with van der Waals surface area (Å²) in [5.74, 6) is 4.13. The predicted octanol–water partition coefficient (Wildman–Crippen LogP) is 1.39. The van der Waals surface area contributed by atoms with Crippen molar-refractivity contribution in [3.63, 3.8) is 0 Å². The molecule has 9 heteroatoms. The van der Waals surface area contributed by atoms with Crippen LogP contribution < -0.4 is 5.14 Å². The average molecular weight is 396 g/mol. The molecule has 28 heavy (non-hydrogen) atoms. The molecule has 1 aromatic heterocycles. The number of nitrogens with zero attached hydrogens (tertiary/aromatic N) is 3. The minimum atomic E-state index is -3.80. The lowest BCUT2D eigenvalue weighted by Crippen LogP contribution is -2.20. The number of hydrogen-bond donors (Lipinski definition) is 2. The van der Waals surface area contributed by atoms with Crippen LogP contribution in [0.15, 0.2) is 65.6 Å². The number of hydrogen-bond acceptors (Lipinski definition) is 5. The third-order valence-electron chi connectivity index (χ3n) is 3.78. The summed E-state index contributed by atoms with van der Waals surface area (Å²) in [6.45, 7) is 0. The molecule has 3 N–H and O–H groups in total. The molecule has 0 saturated carbocycles. The van der Waals surface area contributed by atoms with Crippen molar-refractivity contribution in [1.82, 2.24) is 14.8 Å². The lowest BCUT2D eigenvalue weighted by molar-refractivity contribution is -0.152. The highest BCUT2D eigenvalue weighted by Gasteiger charge is 2.13. The SMILES string of the molecule is CN(O)C(=O)C#Cc1cc(-c2ccccc2)n(-c2ccc(S(N)(=O)=O)cc2)n1. The van der Waals surface area contributed by atoms with Gasteiger partial charge < -0.3 is 0 Å². The van der Waals surface area contributed by atoms with Crippen LogP contribution in [0.25, 0.3) is 16.9 Å². The van der Waals surface area contributed by atoms with Gasteiger partial charge in [-0.15, -0.1) is 0 Å². The van der Waals surface area contributed by atoms with E-state index < -0.39 is 15.9 Å². The number of primary sulfonamides is 1. The molecule has 0 aliphatic heterocycles. The van der Waals surface area contributed by atoms with Crippen LogP contribution in [0, 0.1) is 11.8 Å². The normalized spacial score (nSPS) is 10.8. The van der Waals surface area contributed by atoms with Crippen LogP contribution in [-0.4, -0.2) is 41.4 Å². The van der Waals surface area contributed by atoms with Gasteiger partial charge in [-0.1, -0.05) is 30.3 Å². The molecule has 8 nitrogen and oxygen atoms in total. The second-order valence-electron chi connectivity index (χ2n) is 5.81. The molecule has 0 aliphatic carbocycles. The largest absolute Gasteiger partial charge is 0.322 e. The van der Waals surface area contributed by atoms with Gasteiger partial charge in [-0.25, -0.2) is 23.3 Å². The van der Waals surface area contributed by atoms with Crippen molar-refractivity contribution in [3.8, 4) is 28.8 Å². The molecule has 0 radical (unpaired) electrons. The lowest BCUT2D eigenvalue weighted by Gasteiger charge is -2.08. The highest BCUT2D eigenvalue weighted by atomic mass is 32.2. The maximum Gasteiger partial charge on any atom is 0.322 e. The fraction of sp³-hybridized carbons (Fsp3) is 0.0526. The molecule has 0 saturated heterocycles. The van der Waals surface area contributed by atoms with E-state index in [1.165, 1.54) is 19.2 Å². The minimum Gasteiger partial charge on any atom is -0.285 e. The number of nitrogens with two attached hydrogens (primary N) is 1. The number of carbonyl (C=O) groups is 1. The van der Waals surface area contributed by atoms with Crippen molar-refractivity contribution in [1.29, 1.82) is 0 Å². The van der Waals surface area contributed by atoms with E-state index in [-0.39, 0.29) is 4.90 Å². The van der Waals surface area contributed by atoms with E-state index in [9.17, 15) is 13.2 Å². The zero-order valence-electron chi connectivity index (χ0n) is 14.8. The first kappa shape index (κ1) is 19.3. The van der Waals surface area contributed by atoms with Gasteiger partial charge in [0.15, 0.2) is 0 Å². The molecule has 3 rings (SSSR count). The lowest BCUT2D eigenvalue weighted by atomic mass is 10.1. The Kier molecular flexibility index (Phi) is 5.28. The van der Waals surface area contributed by atoms with E-state index in [1.54, 1.807) is 22.9 Å². The van der Waals surface area contributed by atoms with Crippen LogP contribution >= 0.6 is 0 Å². The quantitative estimate of drug-likeness (QED) is 0.394. The number of aromatic nitrogens is 2. The van der Waals surface area contributed by atoms with Crippen LogP contribution in [0.2, 0.25) is 0 Å². The van der Waals surface area contributed by atoms with E-state index in [0.717, 1.165) is 5.56 Å². The van der Waals surface area contributed by atoms with Gasteiger partial charge in [0.25, 0.3) is 0 Å². The maximum atomic E-state index is 11.5. The van der Waals surface area contributed by atoms with E-state index >= 15 is 0 Å². The molecule has 0 spiro atoms. The molecule has 142 valence electrons. The summed E-state index contributed by atoms with van der Waals surface area (Å²) in [6.07, 6.45) is 0. The maximum absolute atomic E-state index is 11.5. The Balaban J connectivity index is 2.10. The second kappa shape index (κ2) is 7.66. The van der Waals surface area contributed by atoms with Crippen LogP contribution in [0.5, 0.6) is 0 Å². The highest BCUT2D eigenvalue weighted by molar-refractivity contribution is 7.89. The van der Waals surface area contributed by atoms with Gasteiger partial charge in [-0.3, -0.25) is 10.0 Å². The van der Waals surface area contributed by atoms with E-state index in [0.29, 0.717) is 22.1 Å². The number of sulfonamides is 1. The monoisotopic (exact) mass is 396 g/mol. The zero-order chi connectivity index (χ0) is 20.3. The second-order valence-corrected chi connectivity index (χ2v) is 7.37. The van der Waals surface area contributed by atoms with Gasteiger partial charge in [0.2, 0.25) is 10.0 Å². The molecule has 2 aromatic carbocycles. The Morgan fingerprint density at radius 3 is 2.36 bits per heavy atom. The minimum absolute atomic E-state index is 0.0127. The summed E-state index contributed by atoms with van der Waals surface area (Å²) in [6, 6.07) is 17.0. The molecule has 0 fully saturated rings. The van der Waals surface area contributed by atoms with Gasteiger partial charge in [0, 0.05) is 24.6 Å². The first-order chi connectivity index (χ1) is 13.3. The van der Waals surface area contributed by atoms with Crippen molar-refractivity contribution in [2.24, 2.45) is 5.14 Å². The Hall–Kier alpha value is -3.45. The van der Waals surface area contributed by atoms with Crippen LogP contribution in [0.3, 0.4) is 0 Å².